The molecule has 1 aromatic carbocycles. The molecule has 0 fully saturated rings. The molecule has 0 aromatic heterocycles. The molecule has 114 valence electrons. The van der Waals surface area contributed by atoms with Gasteiger partial charge in [0.15, 0.2) is 0 Å². The summed E-state index contributed by atoms with van der Waals surface area (Å²) < 4.78 is 18.8. The number of amides is 3. The van der Waals surface area contributed by atoms with E-state index in [2.05, 4.69) is 10.6 Å². The second-order valence-corrected chi connectivity index (χ2v) is 4.86. The minimum atomic E-state index is -0.530. The van der Waals surface area contributed by atoms with Crippen LogP contribution in [-0.4, -0.2) is 38.2 Å². The Morgan fingerprint density at radius 2 is 2.24 bits per heavy atom. The number of carbonyl (C=O) groups excluding carboxylic acids is 2. The molecule has 3 amide bonds. The summed E-state index contributed by atoms with van der Waals surface area (Å²) >= 11 is 0. The Labute approximate surface area is 122 Å². The molecule has 0 saturated heterocycles. The molecule has 0 bridgehead atoms. The first-order valence-corrected chi connectivity index (χ1v) is 6.72. The highest BCUT2D eigenvalue weighted by Gasteiger charge is 2.23. The van der Waals surface area contributed by atoms with Gasteiger partial charge in [0.1, 0.15) is 17.7 Å². The van der Waals surface area contributed by atoms with Crippen LogP contribution in [0.1, 0.15) is 13.3 Å². The van der Waals surface area contributed by atoms with Crippen molar-refractivity contribution in [2.45, 2.75) is 19.4 Å². The fraction of sp³-hybridized carbons (Fsp3) is 0.429. The molecule has 0 spiro atoms. The molecule has 1 aromatic rings. The predicted octanol–water partition coefficient (Wildman–Crippen LogP) is 1.26. The number of fused-ring (bicyclic) bond motifs is 1. The van der Waals surface area contributed by atoms with Crippen molar-refractivity contribution in [1.82, 2.24) is 10.6 Å². The van der Waals surface area contributed by atoms with Crippen molar-refractivity contribution >= 4 is 17.6 Å². The first-order chi connectivity index (χ1) is 9.99. The van der Waals surface area contributed by atoms with Crippen LogP contribution < -0.4 is 20.3 Å². The molecule has 0 aliphatic carbocycles. The van der Waals surface area contributed by atoms with Crippen LogP contribution >= 0.6 is 0 Å². The first-order valence-electron chi connectivity index (χ1n) is 6.72. The smallest absolute Gasteiger partial charge is 0.321 e. The van der Waals surface area contributed by atoms with E-state index < -0.39 is 6.03 Å². The van der Waals surface area contributed by atoms with E-state index in [1.807, 2.05) is 11.8 Å². The minimum Gasteiger partial charge on any atom is -0.487 e. The van der Waals surface area contributed by atoms with Crippen LogP contribution in [0.5, 0.6) is 5.75 Å². The normalized spacial score (nSPS) is 16.7. The highest BCUT2D eigenvalue weighted by Crippen LogP contribution is 2.33. The number of hydrogen-bond acceptors (Lipinski definition) is 4. The molecule has 1 atom stereocenters. The summed E-state index contributed by atoms with van der Waals surface area (Å²) in [5.41, 5.74) is 0.752. The largest absolute Gasteiger partial charge is 0.487 e. The van der Waals surface area contributed by atoms with E-state index in [1.54, 1.807) is 6.07 Å². The highest BCUT2D eigenvalue weighted by molar-refractivity contribution is 5.94. The van der Waals surface area contributed by atoms with Crippen molar-refractivity contribution in [1.29, 1.82) is 0 Å². The fourth-order valence-corrected chi connectivity index (χ4v) is 2.21. The number of imide groups is 1. The molecule has 2 rings (SSSR count). The van der Waals surface area contributed by atoms with Gasteiger partial charge in [0, 0.05) is 26.1 Å². The van der Waals surface area contributed by atoms with E-state index in [1.165, 1.54) is 19.2 Å². The summed E-state index contributed by atoms with van der Waals surface area (Å²) in [6, 6.07) is 3.80. The lowest BCUT2D eigenvalue weighted by atomic mass is 10.2. The number of benzene rings is 1. The maximum Gasteiger partial charge on any atom is 0.321 e. The zero-order chi connectivity index (χ0) is 15.4. The van der Waals surface area contributed by atoms with E-state index in [0.29, 0.717) is 18.8 Å². The van der Waals surface area contributed by atoms with Crippen LogP contribution in [0.25, 0.3) is 0 Å². The molecule has 21 heavy (non-hydrogen) atoms. The number of nitrogens with one attached hydrogen (secondary N) is 2. The molecular weight excluding hydrogens is 277 g/mol. The monoisotopic (exact) mass is 295 g/mol. The summed E-state index contributed by atoms with van der Waals surface area (Å²) in [6.45, 7) is 2.91. The molecule has 0 unspecified atom stereocenters. The molecule has 1 aliphatic rings. The molecule has 6 nitrogen and oxygen atoms in total. The Balaban J connectivity index is 2.01. The third-order valence-corrected chi connectivity index (χ3v) is 3.16. The van der Waals surface area contributed by atoms with Gasteiger partial charge in [-0.25, -0.2) is 9.18 Å². The Morgan fingerprint density at radius 3 is 2.95 bits per heavy atom. The van der Waals surface area contributed by atoms with E-state index >= 15 is 0 Å². The van der Waals surface area contributed by atoms with E-state index in [0.717, 1.165) is 5.69 Å². The molecule has 1 heterocycles. The Bertz CT molecular complexity index is 550. The maximum absolute atomic E-state index is 13.2. The summed E-state index contributed by atoms with van der Waals surface area (Å²) in [5, 5.41) is 4.52. The number of carbonyl (C=O) groups is 2. The standard InChI is InChI=1S/C14H18FN3O3/c1-9-8-18(6-5-13(19)17-14(20)16-2)11-4-3-10(15)7-12(11)21-9/h3-4,7,9H,5-6,8H2,1-2H3,(H2,16,17,19,20)/t9-/m0/s1. The molecule has 2 N–H and O–H groups in total. The van der Waals surface area contributed by atoms with E-state index in [-0.39, 0.29) is 24.2 Å². The summed E-state index contributed by atoms with van der Waals surface area (Å²) in [6.07, 6.45) is 0.0676. The molecule has 1 aliphatic heterocycles. The summed E-state index contributed by atoms with van der Waals surface area (Å²) in [4.78, 5) is 24.6. The van der Waals surface area contributed by atoms with Crippen molar-refractivity contribution < 1.29 is 18.7 Å². The average molecular weight is 295 g/mol. The van der Waals surface area contributed by atoms with Crippen LogP contribution in [0.3, 0.4) is 0 Å². The van der Waals surface area contributed by atoms with E-state index in [9.17, 15) is 14.0 Å². The first kappa shape index (κ1) is 15.1. The lowest BCUT2D eigenvalue weighted by Crippen LogP contribution is -2.42. The van der Waals surface area contributed by atoms with Crippen LogP contribution in [0.4, 0.5) is 14.9 Å². The fourth-order valence-electron chi connectivity index (χ4n) is 2.21. The minimum absolute atomic E-state index is 0.0960. The van der Waals surface area contributed by atoms with Gasteiger partial charge in [-0.1, -0.05) is 0 Å². The third kappa shape index (κ3) is 3.84. The number of nitrogens with zero attached hydrogens (tertiary/aromatic N) is 1. The zero-order valence-electron chi connectivity index (χ0n) is 12.0. The number of rotatable bonds is 3. The zero-order valence-corrected chi connectivity index (χ0v) is 12.0. The van der Waals surface area contributed by atoms with Crippen molar-refractivity contribution in [2.75, 3.05) is 25.0 Å². The van der Waals surface area contributed by atoms with Crippen LogP contribution in [-0.2, 0) is 4.79 Å². The quantitative estimate of drug-likeness (QED) is 0.880. The van der Waals surface area contributed by atoms with Crippen molar-refractivity contribution in [3.05, 3.63) is 24.0 Å². The maximum atomic E-state index is 13.2. The van der Waals surface area contributed by atoms with Gasteiger partial charge in [0.2, 0.25) is 5.91 Å². The van der Waals surface area contributed by atoms with Crippen molar-refractivity contribution in [3.8, 4) is 5.75 Å². The SMILES string of the molecule is CNC(=O)NC(=O)CCN1C[C@H](C)Oc2cc(F)ccc21. The van der Waals surface area contributed by atoms with E-state index in [4.69, 9.17) is 4.74 Å². The van der Waals surface area contributed by atoms with Crippen LogP contribution in [0.15, 0.2) is 18.2 Å². The summed E-state index contributed by atoms with van der Waals surface area (Å²) in [5.74, 6) is -0.252. The predicted molar refractivity (Wildman–Crippen MR) is 75.9 cm³/mol. The van der Waals surface area contributed by atoms with Gasteiger partial charge >= 0.3 is 6.03 Å². The van der Waals surface area contributed by atoms with Gasteiger partial charge in [0.05, 0.1) is 12.2 Å². The van der Waals surface area contributed by atoms with Gasteiger partial charge < -0.3 is 15.0 Å². The van der Waals surface area contributed by atoms with Crippen molar-refractivity contribution in [2.24, 2.45) is 0 Å². The van der Waals surface area contributed by atoms with Gasteiger partial charge in [-0.15, -0.1) is 0 Å². The Morgan fingerprint density at radius 1 is 1.48 bits per heavy atom. The molecule has 7 heteroatoms. The Hall–Kier alpha value is -2.31. The lowest BCUT2D eigenvalue weighted by Gasteiger charge is -2.34. The lowest BCUT2D eigenvalue weighted by molar-refractivity contribution is -0.119. The molecule has 0 radical (unpaired) electrons. The molecular formula is C14H18FN3O3. The van der Waals surface area contributed by atoms with Gasteiger partial charge in [-0.05, 0) is 19.1 Å². The number of halogens is 1. The topological polar surface area (TPSA) is 70.7 Å². The van der Waals surface area contributed by atoms with Crippen LogP contribution in [0.2, 0.25) is 0 Å². The average Bonchev–Trinajstić information content (AvgIpc) is 2.43. The summed E-state index contributed by atoms with van der Waals surface area (Å²) in [7, 11) is 1.44. The number of anilines is 1. The Kier molecular flexibility index (Phi) is 4.62. The van der Waals surface area contributed by atoms with Gasteiger partial charge in [-0.2, -0.15) is 0 Å². The van der Waals surface area contributed by atoms with Crippen LogP contribution in [0, 0.1) is 5.82 Å². The number of ether oxygens (including phenoxy) is 1. The second kappa shape index (κ2) is 6.43. The number of urea groups is 1. The van der Waals surface area contributed by atoms with Crippen molar-refractivity contribution in [3.63, 3.8) is 0 Å². The van der Waals surface area contributed by atoms with Gasteiger partial charge in [0.25, 0.3) is 0 Å². The third-order valence-electron chi connectivity index (χ3n) is 3.16. The molecule has 0 saturated carbocycles. The number of hydrogen-bond donors (Lipinski definition) is 2. The van der Waals surface area contributed by atoms with Gasteiger partial charge in [-0.3, -0.25) is 10.1 Å². The highest BCUT2D eigenvalue weighted by atomic mass is 19.1. The second-order valence-electron chi connectivity index (χ2n) is 4.86.